The van der Waals surface area contributed by atoms with Crippen molar-refractivity contribution in [3.63, 3.8) is 0 Å². The van der Waals surface area contributed by atoms with Crippen LogP contribution in [-0.2, 0) is 33.2 Å². The number of ether oxygens (including phenoxy) is 6. The van der Waals surface area contributed by atoms with E-state index in [-0.39, 0.29) is 39.4 Å². The van der Waals surface area contributed by atoms with E-state index < -0.39 is 42.4 Å². The Labute approximate surface area is 254 Å². The quantitative estimate of drug-likeness (QED) is 0.0203. The summed E-state index contributed by atoms with van der Waals surface area (Å²) in [4.78, 5) is 41.0. The lowest BCUT2D eigenvalue weighted by Gasteiger charge is -2.10. The molecule has 44 heavy (non-hydrogen) atoms. The predicted octanol–water partition coefficient (Wildman–Crippen LogP) is -0.0864. The number of nitrogens with one attached hydrogen (secondary N) is 6. The lowest BCUT2D eigenvalue weighted by atomic mass is 10.1. The first-order valence-corrected chi connectivity index (χ1v) is 13.6. The van der Waals surface area contributed by atoms with Crippen LogP contribution in [0.1, 0.15) is 0 Å². The number of hydrogen-bond acceptors (Lipinski definition) is 13. The summed E-state index contributed by atoms with van der Waals surface area (Å²) in [6.45, 7) is 3.90. The molecule has 0 spiro atoms. The van der Waals surface area contributed by atoms with Gasteiger partial charge in [-0.25, -0.2) is 9.59 Å². The van der Waals surface area contributed by atoms with Crippen molar-refractivity contribution in [2.45, 2.75) is 0 Å². The van der Waals surface area contributed by atoms with Crippen LogP contribution in [0.5, 0.6) is 0 Å². The fraction of sp³-hybridized carbons (Fsp3) is 0.783. The maximum absolute atomic E-state index is 12.1. The lowest BCUT2D eigenvalue weighted by molar-refractivity contribution is -0.107. The van der Waals surface area contributed by atoms with Crippen molar-refractivity contribution in [1.29, 1.82) is 10.8 Å². The molecule has 0 saturated carbocycles. The van der Waals surface area contributed by atoms with Gasteiger partial charge in [-0.2, -0.15) is 0 Å². The summed E-state index contributed by atoms with van der Waals surface area (Å²) in [5.41, 5.74) is 15.2. The van der Waals surface area contributed by atoms with Gasteiger partial charge in [0.2, 0.25) is 5.78 Å². The molecule has 0 aromatic carbocycles. The first-order chi connectivity index (χ1) is 21.4. The molecule has 0 aliphatic rings. The van der Waals surface area contributed by atoms with Gasteiger partial charge in [-0.3, -0.25) is 15.6 Å². The van der Waals surface area contributed by atoms with Crippen LogP contribution < -0.4 is 21.3 Å². The highest BCUT2D eigenvalue weighted by Gasteiger charge is 2.17. The molecule has 4 amide bonds. The first kappa shape index (κ1) is 39.9. The molecule has 0 heterocycles. The second-order valence-corrected chi connectivity index (χ2v) is 8.09. The number of azide groups is 2. The van der Waals surface area contributed by atoms with Crippen LogP contribution in [0.25, 0.3) is 20.9 Å². The van der Waals surface area contributed by atoms with Crippen LogP contribution in [0.4, 0.5) is 9.59 Å². The van der Waals surface area contributed by atoms with Crippen molar-refractivity contribution in [3.8, 4) is 0 Å². The largest absolute Gasteiger partial charge is 0.379 e. The Kier molecular flexibility index (Phi) is 27.6. The summed E-state index contributed by atoms with van der Waals surface area (Å²) < 4.78 is 31.5. The van der Waals surface area contributed by atoms with Gasteiger partial charge in [-0.1, -0.05) is 10.2 Å². The second kappa shape index (κ2) is 30.4. The third-order valence-corrected chi connectivity index (χ3v) is 4.75. The molecule has 0 aromatic heterocycles. The number of Topliss-reactive ketones (excluding diaryl/α,β-unsaturated/α-hetero) is 1. The molecule has 6 N–H and O–H groups in total. The van der Waals surface area contributed by atoms with Crippen LogP contribution >= 0.6 is 0 Å². The van der Waals surface area contributed by atoms with Crippen molar-refractivity contribution in [2.24, 2.45) is 10.2 Å². The standard InChI is InChI=1S/C23H42N12O9/c24-19(17-30-22(37)28-1-5-39-9-13-43-15-11-41-7-3-32-34-26)21(36)20(25)18-31-23(38)29-2-6-40-10-14-44-16-12-42-8-4-33-35-27/h24-25H,1-18H2,(H2,28,30,37)(H2,29,31,38). The van der Waals surface area contributed by atoms with E-state index in [0.29, 0.717) is 66.1 Å². The van der Waals surface area contributed by atoms with E-state index in [2.05, 4.69) is 41.3 Å². The molecule has 0 saturated heterocycles. The third-order valence-electron chi connectivity index (χ3n) is 4.75. The molecule has 0 radical (unpaired) electrons. The molecule has 0 atom stereocenters. The van der Waals surface area contributed by atoms with Gasteiger partial charge < -0.3 is 49.7 Å². The molecule has 0 fully saturated rings. The minimum atomic E-state index is -0.917. The van der Waals surface area contributed by atoms with Crippen LogP contribution in [0.2, 0.25) is 0 Å². The zero-order valence-corrected chi connectivity index (χ0v) is 24.6. The fourth-order valence-corrected chi connectivity index (χ4v) is 2.66. The monoisotopic (exact) mass is 630 g/mol. The summed E-state index contributed by atoms with van der Waals surface area (Å²) in [5, 5.41) is 31.9. The molecular weight excluding hydrogens is 588 g/mol. The maximum Gasteiger partial charge on any atom is 0.315 e. The fourth-order valence-electron chi connectivity index (χ4n) is 2.66. The molecule has 0 aliphatic heterocycles. The van der Waals surface area contributed by atoms with E-state index in [9.17, 15) is 14.4 Å². The zero-order chi connectivity index (χ0) is 32.5. The lowest BCUT2D eigenvalue weighted by Crippen LogP contribution is -2.45. The molecule has 0 bridgehead atoms. The topological polar surface area (TPSA) is 300 Å². The SMILES string of the molecule is [N-]=[N+]=NCCOCCOCCOCCNC(=O)NCC(=N)C(=O)C(=N)CNC(=O)NCCOCCOCCOCCN=[N+]=[N-]. The highest BCUT2D eigenvalue weighted by Crippen LogP contribution is 1.85. The summed E-state index contributed by atoms with van der Waals surface area (Å²) in [5.74, 6) is -0.917. The minimum Gasteiger partial charge on any atom is -0.379 e. The van der Waals surface area contributed by atoms with E-state index in [1.54, 1.807) is 0 Å². The number of hydrogen-bond donors (Lipinski definition) is 6. The Morgan fingerprint density at radius 1 is 0.523 bits per heavy atom. The molecule has 0 unspecified atom stereocenters. The van der Waals surface area contributed by atoms with Crippen molar-refractivity contribution < 1.29 is 42.8 Å². The predicted molar refractivity (Wildman–Crippen MR) is 156 cm³/mol. The molecule has 0 rings (SSSR count). The van der Waals surface area contributed by atoms with Gasteiger partial charge in [0, 0.05) is 36.0 Å². The van der Waals surface area contributed by atoms with E-state index in [4.69, 9.17) is 50.3 Å². The molecule has 21 heteroatoms. The molecular formula is C23H42N12O9. The van der Waals surface area contributed by atoms with Crippen molar-refractivity contribution in [2.75, 3.05) is 119 Å². The number of amides is 4. The Morgan fingerprint density at radius 3 is 1.18 bits per heavy atom. The number of carbonyl (C=O) groups excluding carboxylic acids is 3. The maximum atomic E-state index is 12.1. The van der Waals surface area contributed by atoms with Gasteiger partial charge in [-0.05, 0) is 11.1 Å². The van der Waals surface area contributed by atoms with Gasteiger partial charge in [0.1, 0.15) is 0 Å². The Hall–Kier alpha value is -4.07. The molecule has 0 aliphatic carbocycles. The van der Waals surface area contributed by atoms with Crippen LogP contribution in [0.3, 0.4) is 0 Å². The average molecular weight is 631 g/mol. The number of carbonyl (C=O) groups is 3. The van der Waals surface area contributed by atoms with Crippen LogP contribution in [-0.4, -0.2) is 148 Å². The zero-order valence-electron chi connectivity index (χ0n) is 24.6. The summed E-state index contributed by atoms with van der Waals surface area (Å²) in [7, 11) is 0. The summed E-state index contributed by atoms with van der Waals surface area (Å²) in [6, 6.07) is -1.24. The minimum absolute atomic E-state index is 0.182. The van der Waals surface area contributed by atoms with Crippen molar-refractivity contribution in [1.82, 2.24) is 21.3 Å². The highest BCUT2D eigenvalue weighted by atomic mass is 16.5. The second-order valence-electron chi connectivity index (χ2n) is 8.09. The molecule has 21 nitrogen and oxygen atoms in total. The number of urea groups is 2. The van der Waals surface area contributed by atoms with Crippen LogP contribution in [0, 0.1) is 10.8 Å². The van der Waals surface area contributed by atoms with Gasteiger partial charge in [0.05, 0.1) is 104 Å². The summed E-state index contributed by atoms with van der Waals surface area (Å²) >= 11 is 0. The van der Waals surface area contributed by atoms with Crippen LogP contribution in [0.15, 0.2) is 10.2 Å². The first-order valence-electron chi connectivity index (χ1n) is 13.6. The van der Waals surface area contributed by atoms with E-state index in [1.165, 1.54) is 0 Å². The summed E-state index contributed by atoms with van der Waals surface area (Å²) in [6.07, 6.45) is 0. The molecule has 0 aromatic rings. The smallest absolute Gasteiger partial charge is 0.315 e. The Bertz CT molecular complexity index is 872. The van der Waals surface area contributed by atoms with E-state index >= 15 is 0 Å². The normalized spacial score (nSPS) is 10.2. The number of ketones is 1. The average Bonchev–Trinajstić information content (AvgIpc) is 3.02. The van der Waals surface area contributed by atoms with Crippen molar-refractivity contribution >= 4 is 29.3 Å². The van der Waals surface area contributed by atoms with Gasteiger partial charge in [0.15, 0.2) is 0 Å². The van der Waals surface area contributed by atoms with Crippen molar-refractivity contribution in [3.05, 3.63) is 20.9 Å². The van der Waals surface area contributed by atoms with Gasteiger partial charge in [0.25, 0.3) is 0 Å². The third kappa shape index (κ3) is 26.8. The van der Waals surface area contributed by atoms with E-state index in [1.807, 2.05) is 0 Å². The van der Waals surface area contributed by atoms with Gasteiger partial charge in [-0.15, -0.1) is 0 Å². The highest BCUT2D eigenvalue weighted by molar-refractivity contribution is 6.66. The molecule has 248 valence electrons. The number of nitrogens with zero attached hydrogens (tertiary/aromatic N) is 6. The number of rotatable bonds is 30. The van der Waals surface area contributed by atoms with E-state index in [0.717, 1.165) is 0 Å². The Balaban J connectivity index is 3.68. The Morgan fingerprint density at radius 2 is 0.841 bits per heavy atom. The van der Waals surface area contributed by atoms with Gasteiger partial charge >= 0.3 is 12.1 Å².